The first-order valence-corrected chi connectivity index (χ1v) is 8.02. The van der Waals surface area contributed by atoms with Crippen LogP contribution in [0.5, 0.6) is 0 Å². The van der Waals surface area contributed by atoms with Gasteiger partial charge < -0.3 is 15.3 Å². The molecule has 2 N–H and O–H groups in total. The van der Waals surface area contributed by atoms with E-state index in [1.807, 2.05) is 6.92 Å². The molecule has 7 heteroatoms. The molecule has 0 aromatic heterocycles. The van der Waals surface area contributed by atoms with Crippen LogP contribution in [0, 0.1) is 11.8 Å². The van der Waals surface area contributed by atoms with Gasteiger partial charge in [0.2, 0.25) is 0 Å². The van der Waals surface area contributed by atoms with E-state index in [1.165, 1.54) is 0 Å². The summed E-state index contributed by atoms with van der Waals surface area (Å²) in [5.74, 6) is -1.18. The van der Waals surface area contributed by atoms with Crippen molar-refractivity contribution in [3.63, 3.8) is 0 Å². The number of nitrogens with zero attached hydrogens (tertiary/aromatic N) is 1. The number of carboxylic acids is 1. The van der Waals surface area contributed by atoms with Crippen LogP contribution in [0.25, 0.3) is 0 Å². The fourth-order valence-electron chi connectivity index (χ4n) is 1.86. The molecule has 0 aromatic rings. The second kappa shape index (κ2) is 6.88. The maximum atomic E-state index is 11.7. The van der Waals surface area contributed by atoms with Crippen molar-refractivity contribution in [1.82, 2.24) is 10.2 Å². The molecule has 6 nitrogen and oxygen atoms in total. The molecule has 3 atom stereocenters. The van der Waals surface area contributed by atoms with Crippen LogP contribution in [0.3, 0.4) is 0 Å². The van der Waals surface area contributed by atoms with Crippen LogP contribution in [0.4, 0.5) is 4.79 Å². The maximum Gasteiger partial charge on any atom is 0.317 e. The van der Waals surface area contributed by atoms with E-state index < -0.39 is 22.7 Å². The molecule has 1 saturated heterocycles. The number of rotatable bonds is 6. The van der Waals surface area contributed by atoms with Gasteiger partial charge in [-0.3, -0.25) is 9.00 Å². The minimum absolute atomic E-state index is 0.0466. The number of likely N-dealkylation sites (tertiary alicyclic amines) is 1. The molecule has 3 unspecified atom stereocenters. The second-order valence-corrected chi connectivity index (χ2v) is 6.92. The Hall–Kier alpha value is -1.11. The fraction of sp³-hybridized carbons (Fsp3) is 0.833. The summed E-state index contributed by atoms with van der Waals surface area (Å²) in [6.45, 7) is 5.04. The van der Waals surface area contributed by atoms with Crippen molar-refractivity contribution >= 4 is 22.8 Å². The Morgan fingerprint density at radius 1 is 1.42 bits per heavy atom. The van der Waals surface area contributed by atoms with Gasteiger partial charge in [-0.25, -0.2) is 4.79 Å². The molecule has 1 aliphatic heterocycles. The maximum absolute atomic E-state index is 11.7. The van der Waals surface area contributed by atoms with Crippen LogP contribution in [0.1, 0.15) is 20.3 Å². The third-order valence-electron chi connectivity index (χ3n) is 3.69. The zero-order valence-corrected chi connectivity index (χ0v) is 12.4. The fourth-order valence-corrected chi connectivity index (χ4v) is 2.31. The number of urea groups is 1. The Balaban J connectivity index is 2.20. The van der Waals surface area contributed by atoms with Gasteiger partial charge in [0.05, 0.1) is 5.92 Å². The lowest BCUT2D eigenvalue weighted by Gasteiger charge is -2.41. The largest absolute Gasteiger partial charge is 0.481 e. The van der Waals surface area contributed by atoms with E-state index in [9.17, 15) is 13.8 Å². The van der Waals surface area contributed by atoms with Gasteiger partial charge in [0.25, 0.3) is 0 Å². The number of amides is 2. The number of carbonyl (C=O) groups is 2. The van der Waals surface area contributed by atoms with Gasteiger partial charge >= 0.3 is 12.0 Å². The molecule has 19 heavy (non-hydrogen) atoms. The summed E-state index contributed by atoms with van der Waals surface area (Å²) in [6, 6.07) is -0.164. The van der Waals surface area contributed by atoms with Gasteiger partial charge in [0.1, 0.15) is 0 Å². The van der Waals surface area contributed by atoms with Crippen molar-refractivity contribution in [3.05, 3.63) is 0 Å². The summed E-state index contributed by atoms with van der Waals surface area (Å²) in [6.07, 6.45) is 2.33. The zero-order valence-electron chi connectivity index (χ0n) is 11.6. The topological polar surface area (TPSA) is 86.7 Å². The Morgan fingerprint density at radius 3 is 2.47 bits per heavy atom. The average molecular weight is 290 g/mol. The molecule has 2 amide bonds. The van der Waals surface area contributed by atoms with Crippen molar-refractivity contribution in [3.8, 4) is 0 Å². The zero-order chi connectivity index (χ0) is 14.6. The highest BCUT2D eigenvalue weighted by Crippen LogP contribution is 2.23. The molecule has 1 aliphatic rings. The molecule has 0 aliphatic carbocycles. The minimum atomic E-state index is -0.871. The molecule has 0 radical (unpaired) electrons. The Kier molecular flexibility index (Phi) is 5.78. The highest BCUT2D eigenvalue weighted by Gasteiger charge is 2.36. The summed E-state index contributed by atoms with van der Waals surface area (Å²) in [7, 11) is -0.871. The molecule has 1 fully saturated rings. The monoisotopic (exact) mass is 290 g/mol. The standard InChI is InChI=1S/C12H22N2O4S/c1-8(19(3)18)4-5-13-12(17)14-6-10(7-14)9(2)11(15)16/h8-10H,4-7H2,1-3H3,(H,13,17)(H,15,16). The minimum Gasteiger partial charge on any atom is -0.481 e. The Morgan fingerprint density at radius 2 is 2.00 bits per heavy atom. The third kappa shape index (κ3) is 4.49. The number of hydrogen-bond donors (Lipinski definition) is 2. The number of aliphatic carboxylic acids is 1. The van der Waals surface area contributed by atoms with Crippen LogP contribution in [-0.4, -0.2) is 57.4 Å². The second-order valence-electron chi connectivity index (χ2n) is 5.12. The summed E-state index contributed by atoms with van der Waals surface area (Å²) in [5, 5.41) is 11.7. The summed E-state index contributed by atoms with van der Waals surface area (Å²) in [5.41, 5.74) is 0. The lowest BCUT2D eigenvalue weighted by atomic mass is 9.87. The molecule has 0 aromatic carbocycles. The van der Waals surface area contributed by atoms with E-state index >= 15 is 0 Å². The first kappa shape index (κ1) is 15.9. The summed E-state index contributed by atoms with van der Waals surface area (Å²) < 4.78 is 11.1. The van der Waals surface area contributed by atoms with E-state index in [0.29, 0.717) is 26.1 Å². The lowest BCUT2D eigenvalue weighted by molar-refractivity contribution is -0.144. The van der Waals surface area contributed by atoms with Crippen molar-refractivity contribution < 1.29 is 18.9 Å². The smallest absolute Gasteiger partial charge is 0.317 e. The molecule has 0 bridgehead atoms. The SMILES string of the molecule is CC(C(=O)O)C1CN(C(=O)NCCC(C)S(C)=O)C1. The summed E-state index contributed by atoms with van der Waals surface area (Å²) >= 11 is 0. The number of carboxylic acid groups (broad SMARTS) is 1. The number of nitrogens with one attached hydrogen (secondary N) is 1. The quantitative estimate of drug-likeness (QED) is 0.746. The highest BCUT2D eigenvalue weighted by atomic mass is 32.2. The first-order valence-electron chi connectivity index (χ1n) is 6.40. The van der Waals surface area contributed by atoms with Crippen LogP contribution >= 0.6 is 0 Å². The van der Waals surface area contributed by atoms with Crippen LogP contribution < -0.4 is 5.32 Å². The molecule has 1 rings (SSSR count). The van der Waals surface area contributed by atoms with Crippen molar-refractivity contribution in [2.45, 2.75) is 25.5 Å². The third-order valence-corrected chi connectivity index (χ3v) is 5.06. The molecular weight excluding hydrogens is 268 g/mol. The predicted octanol–water partition coefficient (Wildman–Crippen LogP) is 0.506. The van der Waals surface area contributed by atoms with Gasteiger partial charge in [-0.1, -0.05) is 13.8 Å². The van der Waals surface area contributed by atoms with Crippen molar-refractivity contribution in [2.24, 2.45) is 11.8 Å². The van der Waals surface area contributed by atoms with E-state index in [0.717, 1.165) is 0 Å². The van der Waals surface area contributed by atoms with E-state index in [1.54, 1.807) is 18.1 Å². The highest BCUT2D eigenvalue weighted by molar-refractivity contribution is 7.84. The Labute approximate surface area is 116 Å². The van der Waals surface area contributed by atoms with E-state index in [4.69, 9.17) is 5.11 Å². The van der Waals surface area contributed by atoms with E-state index in [-0.39, 0.29) is 17.2 Å². The predicted molar refractivity (Wildman–Crippen MR) is 73.4 cm³/mol. The molecular formula is C12H22N2O4S. The number of carbonyl (C=O) groups excluding carboxylic acids is 1. The summed E-state index contributed by atoms with van der Waals surface area (Å²) in [4.78, 5) is 24.1. The molecule has 110 valence electrons. The first-order chi connectivity index (χ1) is 8.82. The van der Waals surface area contributed by atoms with Crippen LogP contribution in [0.2, 0.25) is 0 Å². The van der Waals surface area contributed by atoms with Gasteiger partial charge in [-0.05, 0) is 6.42 Å². The van der Waals surface area contributed by atoms with Gasteiger partial charge in [0, 0.05) is 47.9 Å². The van der Waals surface area contributed by atoms with Crippen LogP contribution in [0.15, 0.2) is 0 Å². The Bertz CT molecular complexity index is 369. The van der Waals surface area contributed by atoms with Crippen LogP contribution in [-0.2, 0) is 15.6 Å². The normalized spacial score (nSPS) is 20.3. The van der Waals surface area contributed by atoms with Gasteiger partial charge in [0.15, 0.2) is 0 Å². The van der Waals surface area contributed by atoms with Crippen molar-refractivity contribution in [2.75, 3.05) is 25.9 Å². The lowest BCUT2D eigenvalue weighted by Crippen LogP contribution is -2.56. The molecule has 0 saturated carbocycles. The molecule has 1 heterocycles. The van der Waals surface area contributed by atoms with Gasteiger partial charge in [-0.15, -0.1) is 0 Å². The molecule has 0 spiro atoms. The van der Waals surface area contributed by atoms with Crippen molar-refractivity contribution in [1.29, 1.82) is 0 Å². The number of hydrogen-bond acceptors (Lipinski definition) is 3. The van der Waals surface area contributed by atoms with Gasteiger partial charge in [-0.2, -0.15) is 0 Å². The van der Waals surface area contributed by atoms with E-state index in [2.05, 4.69) is 5.32 Å². The average Bonchev–Trinajstić information content (AvgIpc) is 2.26.